The lowest BCUT2D eigenvalue weighted by molar-refractivity contribution is -0.111. The maximum atomic E-state index is 11.4. The van der Waals surface area contributed by atoms with E-state index in [1.165, 1.54) is 5.57 Å². The summed E-state index contributed by atoms with van der Waals surface area (Å²) in [5.74, 6) is 0. The molecule has 3 unspecified atom stereocenters. The number of rotatable bonds is 5. The molecule has 0 aromatic rings. The molecule has 4 aliphatic rings. The van der Waals surface area contributed by atoms with E-state index >= 15 is 0 Å². The van der Waals surface area contributed by atoms with Gasteiger partial charge in [-0.15, -0.1) is 11.6 Å². The number of aliphatic hydroxyl groups excluding tert-OH is 1. The van der Waals surface area contributed by atoms with Gasteiger partial charge < -0.3 is 14.7 Å². The largest absolute Gasteiger partial charge is 0.501 e. The number of hydrogen-bond donors (Lipinski definition) is 1. The minimum Gasteiger partial charge on any atom is -0.501 e. The lowest BCUT2D eigenvalue weighted by atomic mass is 9.45. The van der Waals surface area contributed by atoms with Crippen LogP contribution in [0.1, 0.15) is 52.9 Å². The molecule has 0 radical (unpaired) electrons. The summed E-state index contributed by atoms with van der Waals surface area (Å²) in [6, 6.07) is 0. The number of nitrogens with zero attached hydrogens (tertiary/aromatic N) is 1. The van der Waals surface area contributed by atoms with E-state index in [-0.39, 0.29) is 21.7 Å². The van der Waals surface area contributed by atoms with Crippen molar-refractivity contribution < 1.29 is 9.84 Å². The lowest BCUT2D eigenvalue weighted by Gasteiger charge is -2.65. The highest BCUT2D eigenvalue weighted by Crippen LogP contribution is 2.65. The zero-order valence-corrected chi connectivity index (χ0v) is 17.6. The van der Waals surface area contributed by atoms with Gasteiger partial charge in [0.05, 0.1) is 19.0 Å². The number of fused-ring (bicyclic) bond motifs is 3. The van der Waals surface area contributed by atoms with Crippen LogP contribution in [0.4, 0.5) is 0 Å². The first-order valence-electron chi connectivity index (χ1n) is 9.89. The van der Waals surface area contributed by atoms with E-state index in [0.717, 1.165) is 37.7 Å². The van der Waals surface area contributed by atoms with Crippen LogP contribution in [0, 0.1) is 10.8 Å². The molecule has 4 rings (SSSR count). The Morgan fingerprint density at radius 3 is 2.50 bits per heavy atom. The van der Waals surface area contributed by atoms with Crippen LogP contribution in [0.15, 0.2) is 35.6 Å². The van der Waals surface area contributed by atoms with Crippen LogP contribution in [0.25, 0.3) is 0 Å². The van der Waals surface area contributed by atoms with Gasteiger partial charge in [0.1, 0.15) is 0 Å². The molecule has 3 fully saturated rings. The molecule has 3 atom stereocenters. The van der Waals surface area contributed by atoms with E-state index in [0.29, 0.717) is 6.61 Å². The maximum absolute atomic E-state index is 11.4. The summed E-state index contributed by atoms with van der Waals surface area (Å²) in [5.41, 5.74) is 1.93. The third kappa shape index (κ3) is 2.87. The second-order valence-electron chi connectivity index (χ2n) is 8.92. The SMILES string of the molecule is CCO/C=C/C1=CC(C)=CC(C)(C23CCC(N(C)C)(CC2)CC3Cl)C1O. The molecule has 146 valence electrons. The molecule has 0 aromatic carbocycles. The van der Waals surface area contributed by atoms with Gasteiger partial charge in [-0.3, -0.25) is 0 Å². The van der Waals surface area contributed by atoms with Crippen LogP contribution in [-0.2, 0) is 4.74 Å². The van der Waals surface area contributed by atoms with Crippen LogP contribution >= 0.6 is 11.6 Å². The van der Waals surface area contributed by atoms with Gasteiger partial charge in [-0.1, -0.05) is 24.6 Å². The molecule has 0 amide bonds. The highest BCUT2D eigenvalue weighted by molar-refractivity contribution is 6.21. The van der Waals surface area contributed by atoms with Gasteiger partial charge in [0.25, 0.3) is 0 Å². The molecule has 4 aliphatic carbocycles. The predicted octanol–water partition coefficient (Wildman–Crippen LogP) is 4.66. The van der Waals surface area contributed by atoms with Crippen molar-refractivity contribution in [3.05, 3.63) is 35.6 Å². The van der Waals surface area contributed by atoms with E-state index < -0.39 is 6.10 Å². The second-order valence-corrected chi connectivity index (χ2v) is 9.45. The number of allylic oxidation sites excluding steroid dienone is 2. The van der Waals surface area contributed by atoms with Gasteiger partial charge in [-0.2, -0.15) is 0 Å². The van der Waals surface area contributed by atoms with E-state index in [2.05, 4.69) is 45.0 Å². The van der Waals surface area contributed by atoms with E-state index in [9.17, 15) is 5.11 Å². The molecule has 26 heavy (non-hydrogen) atoms. The Morgan fingerprint density at radius 2 is 1.96 bits per heavy atom. The van der Waals surface area contributed by atoms with Crippen LogP contribution < -0.4 is 0 Å². The van der Waals surface area contributed by atoms with Crippen LogP contribution in [-0.4, -0.2) is 47.7 Å². The van der Waals surface area contributed by atoms with Crippen molar-refractivity contribution in [1.82, 2.24) is 4.90 Å². The minimum absolute atomic E-state index is 0.0635. The van der Waals surface area contributed by atoms with Crippen molar-refractivity contribution in [2.24, 2.45) is 10.8 Å². The molecule has 3 saturated carbocycles. The third-order valence-electron chi connectivity index (χ3n) is 7.58. The molecular formula is C22H34ClNO2. The van der Waals surface area contributed by atoms with Crippen molar-refractivity contribution in [3.63, 3.8) is 0 Å². The van der Waals surface area contributed by atoms with Crippen LogP contribution in [0.2, 0.25) is 0 Å². The Hall–Kier alpha value is -0.770. The first kappa shape index (κ1) is 20.0. The first-order chi connectivity index (χ1) is 12.2. The number of halogens is 1. The molecule has 1 N–H and O–H groups in total. The summed E-state index contributed by atoms with van der Waals surface area (Å²) in [4.78, 5) is 2.38. The molecule has 0 aromatic heterocycles. The molecule has 0 spiro atoms. The van der Waals surface area contributed by atoms with Crippen molar-refractivity contribution in [2.75, 3.05) is 20.7 Å². The van der Waals surface area contributed by atoms with Gasteiger partial charge in [0.15, 0.2) is 0 Å². The van der Waals surface area contributed by atoms with Crippen molar-refractivity contribution in [1.29, 1.82) is 0 Å². The Labute approximate surface area is 163 Å². The van der Waals surface area contributed by atoms with Gasteiger partial charge >= 0.3 is 0 Å². The third-order valence-corrected chi connectivity index (χ3v) is 8.15. The van der Waals surface area contributed by atoms with Crippen molar-refractivity contribution in [2.45, 2.75) is 69.9 Å². The fourth-order valence-electron chi connectivity index (χ4n) is 5.77. The molecule has 0 saturated heterocycles. The van der Waals surface area contributed by atoms with Gasteiger partial charge in [-0.25, -0.2) is 0 Å². The summed E-state index contributed by atoms with van der Waals surface area (Å²) in [6.07, 6.45) is 12.9. The van der Waals surface area contributed by atoms with Gasteiger partial charge in [0.2, 0.25) is 0 Å². The normalized spacial score (nSPS) is 42.9. The summed E-state index contributed by atoms with van der Waals surface area (Å²) in [7, 11) is 4.37. The van der Waals surface area contributed by atoms with Crippen LogP contribution in [0.3, 0.4) is 0 Å². The molecular weight excluding hydrogens is 346 g/mol. The highest BCUT2D eigenvalue weighted by Gasteiger charge is 2.63. The summed E-state index contributed by atoms with van der Waals surface area (Å²) in [6.45, 7) is 6.93. The maximum Gasteiger partial charge on any atom is 0.0885 e. The summed E-state index contributed by atoms with van der Waals surface area (Å²) >= 11 is 7.08. The monoisotopic (exact) mass is 379 g/mol. The second kappa shape index (κ2) is 7.00. The average molecular weight is 380 g/mol. The molecule has 0 aliphatic heterocycles. The zero-order chi connectivity index (χ0) is 19.2. The van der Waals surface area contributed by atoms with Crippen molar-refractivity contribution in [3.8, 4) is 0 Å². The number of alkyl halides is 1. The lowest BCUT2D eigenvalue weighted by Crippen LogP contribution is -2.65. The molecule has 4 heteroatoms. The van der Waals surface area contributed by atoms with E-state index in [1.807, 2.05) is 13.0 Å². The fraction of sp³-hybridized carbons (Fsp3) is 0.727. The molecule has 3 nitrogen and oxygen atoms in total. The first-order valence-corrected chi connectivity index (χ1v) is 10.3. The van der Waals surface area contributed by atoms with E-state index in [1.54, 1.807) is 6.26 Å². The minimum atomic E-state index is -0.561. The Morgan fingerprint density at radius 1 is 1.31 bits per heavy atom. The number of hydrogen-bond acceptors (Lipinski definition) is 3. The Kier molecular flexibility index (Phi) is 5.38. The van der Waals surface area contributed by atoms with E-state index in [4.69, 9.17) is 16.3 Å². The van der Waals surface area contributed by atoms with Crippen LogP contribution in [0.5, 0.6) is 0 Å². The van der Waals surface area contributed by atoms with Crippen molar-refractivity contribution >= 4 is 11.6 Å². The standard InChI is InChI=1S/C22H34ClNO2/c1-6-26-12-7-17-13-16(2)14-20(3,19(17)25)22-10-8-21(9-11-22,24(4)5)15-18(22)23/h7,12-14,18-19,25H,6,8-11,15H2,1-5H3/b12-7+. The fourth-order valence-corrected chi connectivity index (χ4v) is 6.51. The summed E-state index contributed by atoms with van der Waals surface area (Å²) in [5, 5.41) is 11.4. The van der Waals surface area contributed by atoms with Gasteiger partial charge in [0, 0.05) is 16.3 Å². The topological polar surface area (TPSA) is 32.7 Å². The van der Waals surface area contributed by atoms with Gasteiger partial charge in [-0.05, 0) is 77.1 Å². The quantitative estimate of drug-likeness (QED) is 0.557. The highest BCUT2D eigenvalue weighted by atomic mass is 35.5. The smallest absolute Gasteiger partial charge is 0.0885 e. The average Bonchev–Trinajstić information content (AvgIpc) is 2.60. The Bertz CT molecular complexity index is 628. The molecule has 0 heterocycles. The predicted molar refractivity (Wildman–Crippen MR) is 108 cm³/mol. The summed E-state index contributed by atoms with van der Waals surface area (Å²) < 4.78 is 5.37. The Balaban J connectivity index is 1.94. The number of ether oxygens (including phenoxy) is 1. The molecule has 2 bridgehead atoms. The number of aliphatic hydroxyl groups is 1. The zero-order valence-electron chi connectivity index (χ0n) is 16.9.